The number of hydrogen-bond acceptors (Lipinski definition) is 2. The second kappa shape index (κ2) is 8.62. The molecule has 0 spiro atoms. The second-order valence-electron chi connectivity index (χ2n) is 3.43. The number of Topliss-reactive ketones (excluding diaryl/α,β-unsaturated/α-hetero) is 1. The Kier molecular flexibility index (Phi) is 8.91. The number of thioether (sulfide) groups is 1. The summed E-state index contributed by atoms with van der Waals surface area (Å²) in [6, 6.07) is 5.55. The summed E-state index contributed by atoms with van der Waals surface area (Å²) in [5, 5.41) is 0.536. The van der Waals surface area contributed by atoms with Gasteiger partial charge in [-0.05, 0) is 24.8 Å². The van der Waals surface area contributed by atoms with Gasteiger partial charge >= 0.3 is 18.9 Å². The van der Waals surface area contributed by atoms with E-state index < -0.39 is 0 Å². The molecule has 2 atom stereocenters. The third-order valence-corrected chi connectivity index (χ3v) is 4.02. The monoisotopic (exact) mass is 281 g/mol. The number of hydrogen-bond donors (Lipinski definition) is 0. The molecule has 0 amide bonds. The number of rotatable bonds is 5. The Bertz CT molecular complexity index is 387. The molecular formula is C12H16ClLiOPS. The Labute approximate surface area is 127 Å². The van der Waals surface area contributed by atoms with Crippen LogP contribution >= 0.6 is 32.6 Å². The summed E-state index contributed by atoms with van der Waals surface area (Å²) in [6.45, 7) is 3.76. The molecule has 1 aromatic carbocycles. The van der Waals surface area contributed by atoms with Crippen molar-refractivity contribution < 1.29 is 4.79 Å². The Hall–Kier alpha value is 0.557. The third-order valence-electron chi connectivity index (χ3n) is 2.29. The van der Waals surface area contributed by atoms with Crippen molar-refractivity contribution in [1.29, 1.82) is 0 Å². The van der Waals surface area contributed by atoms with E-state index in [1.165, 1.54) is 0 Å². The van der Waals surface area contributed by atoms with Gasteiger partial charge in [-0.15, -0.1) is 21.0 Å². The van der Waals surface area contributed by atoms with Gasteiger partial charge in [0.1, 0.15) is 0 Å². The average Bonchev–Trinajstić information content (AvgIpc) is 2.28. The Balaban J connectivity index is 0.00000256. The molecule has 0 aliphatic heterocycles. The molecule has 5 heteroatoms. The zero-order valence-electron chi connectivity index (χ0n) is 9.20. The van der Waals surface area contributed by atoms with E-state index >= 15 is 0 Å². The summed E-state index contributed by atoms with van der Waals surface area (Å²) >= 11 is 7.63. The number of halogens is 1. The van der Waals surface area contributed by atoms with Gasteiger partial charge in [0.05, 0.1) is 10.6 Å². The molecule has 0 saturated carbocycles. The fourth-order valence-corrected chi connectivity index (χ4v) is 2.81. The number of carbonyl (C=O) groups is 1. The molecule has 0 fully saturated rings. The van der Waals surface area contributed by atoms with Crippen molar-refractivity contribution in [3.8, 4) is 0 Å². The third kappa shape index (κ3) is 4.62. The maximum absolute atomic E-state index is 12.2. The number of ketones is 1. The van der Waals surface area contributed by atoms with E-state index in [4.69, 9.17) is 11.6 Å². The predicted octanol–water partition coefficient (Wildman–Crippen LogP) is 3.45. The summed E-state index contributed by atoms with van der Waals surface area (Å²) in [7, 11) is 2.58. The second-order valence-corrected chi connectivity index (χ2v) is 5.49. The fraction of sp³-hybridized carbons (Fsp3) is 0.333. The van der Waals surface area contributed by atoms with E-state index in [0.29, 0.717) is 10.6 Å². The zero-order chi connectivity index (χ0) is 12.1. The van der Waals surface area contributed by atoms with Gasteiger partial charge in [-0.3, -0.25) is 4.79 Å². The van der Waals surface area contributed by atoms with Crippen LogP contribution in [0.4, 0.5) is 0 Å². The van der Waals surface area contributed by atoms with Crippen LogP contribution < -0.4 is 0 Å². The SMILES string of the molecule is [CH2]CCC(P)C(=O)c1c(Cl)cccc1SC.[LiH]. The Morgan fingerprint density at radius 2 is 2.24 bits per heavy atom. The van der Waals surface area contributed by atoms with Crippen molar-refractivity contribution in [3.05, 3.63) is 35.7 Å². The first-order valence-corrected chi connectivity index (χ1v) is 7.30. The first-order chi connectivity index (χ1) is 7.61. The van der Waals surface area contributed by atoms with E-state index in [0.717, 1.165) is 17.7 Å². The Morgan fingerprint density at radius 3 is 2.76 bits per heavy atom. The molecule has 0 aliphatic carbocycles. The molecule has 0 bridgehead atoms. The normalized spacial score (nSPS) is 11.8. The van der Waals surface area contributed by atoms with Crippen molar-refractivity contribution in [3.63, 3.8) is 0 Å². The molecule has 2 unspecified atom stereocenters. The van der Waals surface area contributed by atoms with E-state index in [-0.39, 0.29) is 30.3 Å². The van der Waals surface area contributed by atoms with Crippen LogP contribution in [0, 0.1) is 6.92 Å². The summed E-state index contributed by atoms with van der Waals surface area (Å²) in [6.07, 6.45) is 3.46. The molecule has 1 nitrogen and oxygen atoms in total. The molecule has 0 N–H and O–H groups in total. The van der Waals surface area contributed by atoms with Crippen LogP contribution in [0.3, 0.4) is 0 Å². The summed E-state index contributed by atoms with van der Waals surface area (Å²) < 4.78 is 0. The number of benzene rings is 1. The maximum atomic E-state index is 12.2. The fourth-order valence-electron chi connectivity index (χ4n) is 1.45. The van der Waals surface area contributed by atoms with Crippen LogP contribution in [0.5, 0.6) is 0 Å². The summed E-state index contributed by atoms with van der Waals surface area (Å²) in [5.74, 6) is 0.0867. The van der Waals surface area contributed by atoms with Crippen molar-refractivity contribution in [1.82, 2.24) is 0 Å². The van der Waals surface area contributed by atoms with E-state index in [9.17, 15) is 4.79 Å². The topological polar surface area (TPSA) is 17.1 Å². The minimum atomic E-state index is -0.0942. The first kappa shape index (κ1) is 17.6. The zero-order valence-corrected chi connectivity index (χ0v) is 11.9. The van der Waals surface area contributed by atoms with Crippen LogP contribution in [-0.4, -0.2) is 36.6 Å². The van der Waals surface area contributed by atoms with Crippen LogP contribution in [0.1, 0.15) is 23.2 Å². The molecule has 0 aliphatic rings. The molecule has 1 radical (unpaired) electrons. The van der Waals surface area contributed by atoms with E-state index in [1.54, 1.807) is 17.8 Å². The van der Waals surface area contributed by atoms with Crippen LogP contribution in [0.25, 0.3) is 0 Å². The van der Waals surface area contributed by atoms with Gasteiger partial charge in [0, 0.05) is 10.6 Å². The molecular weight excluding hydrogens is 266 g/mol. The average molecular weight is 282 g/mol. The van der Waals surface area contributed by atoms with Gasteiger partial charge in [0.2, 0.25) is 0 Å². The van der Waals surface area contributed by atoms with Crippen LogP contribution in [-0.2, 0) is 0 Å². The standard InChI is InChI=1S/C12H15ClOPS.Li.H/c1-3-5-9(15)12(14)11-8(13)6-4-7-10(11)16-2;;/h4,6-7,9H,1,3,5,15H2,2H3;;. The molecule has 0 heterocycles. The van der Waals surface area contributed by atoms with Crippen molar-refractivity contribution in [2.45, 2.75) is 23.4 Å². The van der Waals surface area contributed by atoms with Gasteiger partial charge in [-0.25, -0.2) is 0 Å². The molecule has 17 heavy (non-hydrogen) atoms. The van der Waals surface area contributed by atoms with Gasteiger partial charge in [-0.2, -0.15) is 0 Å². The van der Waals surface area contributed by atoms with Crippen molar-refractivity contribution in [2.24, 2.45) is 0 Å². The van der Waals surface area contributed by atoms with Gasteiger partial charge in [0.25, 0.3) is 0 Å². The van der Waals surface area contributed by atoms with Crippen LogP contribution in [0.15, 0.2) is 23.1 Å². The minimum absolute atomic E-state index is 0. The predicted molar refractivity (Wildman–Crippen MR) is 82.8 cm³/mol. The molecule has 0 saturated heterocycles. The van der Waals surface area contributed by atoms with Crippen molar-refractivity contribution in [2.75, 3.05) is 6.26 Å². The molecule has 1 aromatic rings. The van der Waals surface area contributed by atoms with E-state index in [1.807, 2.05) is 18.4 Å². The molecule has 0 aromatic heterocycles. The first-order valence-electron chi connectivity index (χ1n) is 5.03. The summed E-state index contributed by atoms with van der Waals surface area (Å²) in [5.41, 5.74) is 0.549. The van der Waals surface area contributed by atoms with Gasteiger partial charge < -0.3 is 0 Å². The number of carbonyl (C=O) groups excluding carboxylic acids is 1. The van der Waals surface area contributed by atoms with Gasteiger partial charge in [-0.1, -0.05) is 31.0 Å². The van der Waals surface area contributed by atoms with Gasteiger partial charge in [0.15, 0.2) is 5.78 Å². The van der Waals surface area contributed by atoms with Crippen LogP contribution in [0.2, 0.25) is 5.02 Å². The Morgan fingerprint density at radius 1 is 1.59 bits per heavy atom. The quantitative estimate of drug-likeness (QED) is 0.356. The molecule has 1 rings (SSSR count). The molecule has 89 valence electrons. The summed E-state index contributed by atoms with van der Waals surface area (Å²) in [4.78, 5) is 13.1. The van der Waals surface area contributed by atoms with Crippen molar-refractivity contribution >= 4 is 57.2 Å². The van der Waals surface area contributed by atoms with E-state index in [2.05, 4.69) is 16.2 Å².